The maximum Gasteiger partial charge on any atom is 0.338 e. The van der Waals surface area contributed by atoms with E-state index >= 15 is 0 Å². The molecule has 1 saturated carbocycles. The summed E-state index contributed by atoms with van der Waals surface area (Å²) in [6.45, 7) is 6.65. The number of rotatable bonds is 10. The van der Waals surface area contributed by atoms with Crippen molar-refractivity contribution < 1.29 is 19.1 Å². The molecule has 1 fully saturated rings. The molecule has 0 radical (unpaired) electrons. The molecule has 5 nitrogen and oxygen atoms in total. The zero-order valence-corrected chi connectivity index (χ0v) is 17.9. The number of ketones is 2. The molecule has 1 aromatic rings. The molecule has 0 atom stereocenters. The summed E-state index contributed by atoms with van der Waals surface area (Å²) in [4.78, 5) is 41.3. The first kappa shape index (κ1) is 23.0. The molecule has 1 aliphatic rings. The van der Waals surface area contributed by atoms with Gasteiger partial charge < -0.3 is 4.74 Å². The predicted molar refractivity (Wildman–Crippen MR) is 115 cm³/mol. The lowest BCUT2D eigenvalue weighted by molar-refractivity contribution is -0.137. The average molecular weight is 400 g/mol. The van der Waals surface area contributed by atoms with E-state index in [1.54, 1.807) is 24.3 Å². The van der Waals surface area contributed by atoms with E-state index in [1.807, 2.05) is 13.8 Å². The number of nitrogens with zero attached hydrogens (tertiary/aromatic N) is 1. The fraction of sp³-hybridized carbons (Fsp3) is 0.583. The number of unbranched alkanes of at least 4 members (excludes halogenated alkanes) is 3. The Labute approximate surface area is 173 Å². The lowest BCUT2D eigenvalue weighted by Gasteiger charge is -2.36. The summed E-state index contributed by atoms with van der Waals surface area (Å²) >= 11 is 0. The molecule has 0 spiro atoms. The number of ether oxygens (including phenoxy) is 1. The molecule has 0 saturated heterocycles. The van der Waals surface area contributed by atoms with Crippen molar-refractivity contribution in [2.45, 2.75) is 72.1 Å². The maximum absolute atomic E-state index is 12.5. The number of hydrogen-bond donors (Lipinski definition) is 0. The van der Waals surface area contributed by atoms with Crippen LogP contribution in [0.3, 0.4) is 0 Å². The van der Waals surface area contributed by atoms with Crippen molar-refractivity contribution in [2.24, 2.45) is 16.3 Å². The minimum absolute atomic E-state index is 0.0445. The summed E-state index contributed by atoms with van der Waals surface area (Å²) in [6.07, 6.45) is 8.23. The van der Waals surface area contributed by atoms with Gasteiger partial charge in [-0.15, -0.1) is 0 Å². The molecule has 0 heterocycles. The van der Waals surface area contributed by atoms with E-state index in [0.29, 0.717) is 30.7 Å². The summed E-state index contributed by atoms with van der Waals surface area (Å²) in [5, 5.41) is 0. The first-order valence-electron chi connectivity index (χ1n) is 10.8. The van der Waals surface area contributed by atoms with E-state index < -0.39 is 5.92 Å². The van der Waals surface area contributed by atoms with Gasteiger partial charge in [0.05, 0.1) is 17.9 Å². The Morgan fingerprint density at radius 1 is 1.03 bits per heavy atom. The summed E-state index contributed by atoms with van der Waals surface area (Å²) < 4.78 is 5.27. The van der Waals surface area contributed by atoms with Crippen molar-refractivity contribution in [3.8, 4) is 0 Å². The van der Waals surface area contributed by atoms with Gasteiger partial charge in [-0.1, -0.05) is 40.0 Å². The lowest BCUT2D eigenvalue weighted by atomic mass is 9.66. The van der Waals surface area contributed by atoms with Crippen molar-refractivity contribution in [2.75, 3.05) is 6.61 Å². The highest BCUT2D eigenvalue weighted by molar-refractivity contribution is 6.16. The molecule has 2 rings (SSSR count). The first-order chi connectivity index (χ1) is 13.9. The largest absolute Gasteiger partial charge is 0.462 e. The van der Waals surface area contributed by atoms with Crippen LogP contribution in [-0.4, -0.2) is 30.4 Å². The van der Waals surface area contributed by atoms with Crippen LogP contribution in [0.4, 0.5) is 5.69 Å². The highest BCUT2D eigenvalue weighted by atomic mass is 16.5. The monoisotopic (exact) mass is 399 g/mol. The lowest BCUT2D eigenvalue weighted by Crippen LogP contribution is -2.40. The Hall–Kier alpha value is -2.30. The van der Waals surface area contributed by atoms with Crippen molar-refractivity contribution in [3.05, 3.63) is 29.8 Å². The number of benzene rings is 1. The summed E-state index contributed by atoms with van der Waals surface area (Å²) in [5.41, 5.74) is 0.893. The van der Waals surface area contributed by atoms with Crippen LogP contribution in [0.25, 0.3) is 0 Å². The topological polar surface area (TPSA) is 72.8 Å². The third-order valence-corrected chi connectivity index (χ3v) is 6.00. The van der Waals surface area contributed by atoms with Crippen LogP contribution >= 0.6 is 0 Å². The van der Waals surface area contributed by atoms with Gasteiger partial charge in [0.25, 0.3) is 0 Å². The zero-order chi connectivity index (χ0) is 21.3. The van der Waals surface area contributed by atoms with Gasteiger partial charge in [-0.25, -0.2) is 4.79 Å². The molecular weight excluding hydrogens is 366 g/mol. The van der Waals surface area contributed by atoms with Gasteiger partial charge in [-0.05, 0) is 48.9 Å². The Morgan fingerprint density at radius 3 is 2.21 bits per heavy atom. The Balaban J connectivity index is 1.92. The summed E-state index contributed by atoms with van der Waals surface area (Å²) in [6, 6.07) is 6.71. The fourth-order valence-electron chi connectivity index (χ4n) is 3.74. The predicted octanol–water partition coefficient (Wildman–Crippen LogP) is 5.48. The number of carbonyl (C=O) groups is 3. The second kappa shape index (κ2) is 11.0. The number of Topliss-reactive ketones (excluding diaryl/α,β-unsaturated/α-hetero) is 2. The Kier molecular flexibility index (Phi) is 8.74. The van der Waals surface area contributed by atoms with E-state index in [2.05, 4.69) is 11.9 Å². The Bertz CT molecular complexity index is 712. The van der Waals surface area contributed by atoms with E-state index in [1.165, 1.54) is 6.21 Å². The first-order valence-corrected chi connectivity index (χ1v) is 10.8. The number of carbonyl (C=O) groups excluding carboxylic acids is 3. The quantitative estimate of drug-likeness (QED) is 0.226. The normalized spacial score (nSPS) is 17.1. The average Bonchev–Trinajstić information content (AvgIpc) is 2.73. The molecule has 158 valence electrons. The standard InChI is InChI=1S/C24H33NO4/c1-4-7-8-9-14-29-23(28)18-10-12-19(13-11-18)25-17-20-21(26)15-24(5-2,6-3)16-22(20)27/h10-13,17,20H,4-9,14-16H2,1-3H3. The number of hydrogen-bond acceptors (Lipinski definition) is 5. The van der Waals surface area contributed by atoms with Crippen LogP contribution < -0.4 is 0 Å². The number of aliphatic imine (C=N–C) groups is 1. The van der Waals surface area contributed by atoms with Gasteiger partial charge in [-0.2, -0.15) is 0 Å². The van der Waals surface area contributed by atoms with E-state index in [0.717, 1.165) is 38.5 Å². The van der Waals surface area contributed by atoms with Gasteiger partial charge in [0.15, 0.2) is 0 Å². The van der Waals surface area contributed by atoms with Crippen molar-refractivity contribution in [1.82, 2.24) is 0 Å². The molecule has 29 heavy (non-hydrogen) atoms. The van der Waals surface area contributed by atoms with Crippen molar-refractivity contribution >= 4 is 29.4 Å². The molecule has 0 unspecified atom stereocenters. The van der Waals surface area contributed by atoms with Crippen molar-refractivity contribution in [1.29, 1.82) is 0 Å². The molecule has 0 aromatic heterocycles. The SMILES string of the molecule is CCCCCCOC(=O)c1ccc(N=CC2C(=O)CC(CC)(CC)CC2=O)cc1. The highest BCUT2D eigenvalue weighted by Gasteiger charge is 2.42. The van der Waals surface area contributed by atoms with E-state index in [9.17, 15) is 14.4 Å². The third kappa shape index (κ3) is 6.34. The molecule has 0 amide bonds. The smallest absolute Gasteiger partial charge is 0.338 e. The van der Waals surface area contributed by atoms with E-state index in [4.69, 9.17) is 4.74 Å². The van der Waals surface area contributed by atoms with Crippen LogP contribution in [0.15, 0.2) is 29.3 Å². The van der Waals surface area contributed by atoms with Gasteiger partial charge in [0.2, 0.25) is 0 Å². The number of esters is 1. The minimum atomic E-state index is -0.756. The molecule has 0 aliphatic heterocycles. The molecule has 1 aliphatic carbocycles. The highest BCUT2D eigenvalue weighted by Crippen LogP contribution is 2.40. The second-order valence-electron chi connectivity index (χ2n) is 7.99. The fourth-order valence-corrected chi connectivity index (χ4v) is 3.74. The van der Waals surface area contributed by atoms with Crippen molar-refractivity contribution in [3.63, 3.8) is 0 Å². The van der Waals surface area contributed by atoms with Crippen LogP contribution in [0.2, 0.25) is 0 Å². The minimum Gasteiger partial charge on any atom is -0.462 e. The van der Waals surface area contributed by atoms with E-state index in [-0.39, 0.29) is 23.0 Å². The maximum atomic E-state index is 12.5. The van der Waals surface area contributed by atoms with Crippen LogP contribution in [0.1, 0.15) is 82.5 Å². The molecule has 1 aromatic carbocycles. The molecule has 5 heteroatoms. The third-order valence-electron chi connectivity index (χ3n) is 6.00. The zero-order valence-electron chi connectivity index (χ0n) is 17.9. The van der Waals surface area contributed by atoms with Gasteiger partial charge >= 0.3 is 5.97 Å². The van der Waals surface area contributed by atoms with Gasteiger partial charge in [0.1, 0.15) is 17.5 Å². The summed E-state index contributed by atoms with van der Waals surface area (Å²) in [5.74, 6) is -1.19. The summed E-state index contributed by atoms with van der Waals surface area (Å²) in [7, 11) is 0. The van der Waals surface area contributed by atoms with Crippen LogP contribution in [0.5, 0.6) is 0 Å². The molecule has 0 bridgehead atoms. The Morgan fingerprint density at radius 2 is 1.66 bits per heavy atom. The van der Waals surface area contributed by atoms with Crippen LogP contribution in [0, 0.1) is 11.3 Å². The van der Waals surface area contributed by atoms with Crippen LogP contribution in [-0.2, 0) is 14.3 Å². The van der Waals surface area contributed by atoms with Gasteiger partial charge in [-0.3, -0.25) is 14.6 Å². The molecular formula is C24H33NO4. The van der Waals surface area contributed by atoms with Gasteiger partial charge in [0, 0.05) is 19.1 Å². The second-order valence-corrected chi connectivity index (χ2v) is 7.99. The molecule has 0 N–H and O–H groups in total.